The number of amides is 2. The third kappa shape index (κ3) is 4.77. The zero-order valence-corrected chi connectivity index (χ0v) is 15.8. The fourth-order valence-electron chi connectivity index (χ4n) is 3.49. The van der Waals surface area contributed by atoms with Crippen LogP contribution in [0.5, 0.6) is 0 Å². The molecule has 1 aromatic carbocycles. The first kappa shape index (κ1) is 20.5. The molecule has 9 heteroatoms. The van der Waals surface area contributed by atoms with Gasteiger partial charge in [0.15, 0.2) is 11.6 Å². The zero-order chi connectivity index (χ0) is 20.1. The van der Waals surface area contributed by atoms with Crippen LogP contribution < -0.4 is 0 Å². The molecule has 2 aliphatic heterocycles. The third-order valence-electron chi connectivity index (χ3n) is 5.08. The van der Waals surface area contributed by atoms with E-state index in [2.05, 4.69) is 0 Å². The number of hydrogen-bond acceptors (Lipinski definition) is 5. The summed E-state index contributed by atoms with van der Waals surface area (Å²) in [4.78, 5) is 27.6. The second-order valence-corrected chi connectivity index (χ2v) is 7.08. The van der Waals surface area contributed by atoms with Crippen molar-refractivity contribution in [1.82, 2.24) is 9.80 Å². The minimum absolute atomic E-state index is 0.00158. The van der Waals surface area contributed by atoms with E-state index in [0.717, 1.165) is 12.1 Å². The fraction of sp³-hybridized carbons (Fsp3) is 0.579. The van der Waals surface area contributed by atoms with Crippen LogP contribution in [0.2, 0.25) is 0 Å². The summed E-state index contributed by atoms with van der Waals surface area (Å²) in [5.41, 5.74) is -0.155. The maximum Gasteiger partial charge on any atom is 0.410 e. The van der Waals surface area contributed by atoms with Gasteiger partial charge in [-0.1, -0.05) is 6.07 Å². The molecule has 2 amide bonds. The van der Waals surface area contributed by atoms with Gasteiger partial charge in [0.25, 0.3) is 0 Å². The number of piperidine rings is 1. The van der Waals surface area contributed by atoms with Crippen molar-refractivity contribution in [3.05, 3.63) is 35.4 Å². The van der Waals surface area contributed by atoms with Crippen molar-refractivity contribution >= 4 is 12.0 Å². The molecule has 0 saturated carbocycles. The maximum atomic E-state index is 13.4. The van der Waals surface area contributed by atoms with Crippen LogP contribution in [0, 0.1) is 11.6 Å². The molecule has 0 aliphatic carbocycles. The quantitative estimate of drug-likeness (QED) is 0.657. The van der Waals surface area contributed by atoms with Crippen LogP contribution in [0.3, 0.4) is 0 Å². The van der Waals surface area contributed by atoms with Gasteiger partial charge in [-0.15, -0.1) is 0 Å². The number of ether oxygens (including phenoxy) is 3. The summed E-state index contributed by atoms with van der Waals surface area (Å²) in [5, 5.41) is 0. The van der Waals surface area contributed by atoms with Gasteiger partial charge in [0.2, 0.25) is 5.91 Å². The van der Waals surface area contributed by atoms with Crippen LogP contribution >= 0.6 is 0 Å². The van der Waals surface area contributed by atoms with Crippen molar-refractivity contribution in [3.63, 3.8) is 0 Å². The molecule has 7 nitrogen and oxygen atoms in total. The Morgan fingerprint density at radius 1 is 1.21 bits per heavy atom. The minimum Gasteiger partial charge on any atom is -0.441 e. The molecule has 0 aromatic heterocycles. The van der Waals surface area contributed by atoms with E-state index in [9.17, 15) is 18.4 Å². The van der Waals surface area contributed by atoms with Crippen LogP contribution in [0.15, 0.2) is 18.2 Å². The molecule has 2 saturated heterocycles. The third-order valence-corrected chi connectivity index (χ3v) is 5.08. The molecule has 0 N–H and O–H groups in total. The van der Waals surface area contributed by atoms with Gasteiger partial charge in [0.1, 0.15) is 12.2 Å². The first-order valence-electron chi connectivity index (χ1n) is 9.19. The van der Waals surface area contributed by atoms with E-state index in [1.165, 1.54) is 11.0 Å². The molecule has 1 spiro atoms. The summed E-state index contributed by atoms with van der Waals surface area (Å²) >= 11 is 0. The second-order valence-electron chi connectivity index (χ2n) is 7.08. The van der Waals surface area contributed by atoms with Crippen LogP contribution in [-0.2, 0) is 25.5 Å². The van der Waals surface area contributed by atoms with Gasteiger partial charge in [-0.25, -0.2) is 13.6 Å². The number of methoxy groups -OCH3 is 1. The van der Waals surface area contributed by atoms with Gasteiger partial charge >= 0.3 is 6.09 Å². The average molecular weight is 398 g/mol. The molecule has 1 aromatic rings. The lowest BCUT2D eigenvalue weighted by atomic mass is 9.91. The largest absolute Gasteiger partial charge is 0.441 e. The topological polar surface area (TPSA) is 68.3 Å². The number of hydrogen-bond donors (Lipinski definition) is 0. The molecule has 2 aliphatic rings. The Morgan fingerprint density at radius 3 is 2.64 bits per heavy atom. The van der Waals surface area contributed by atoms with E-state index in [1.807, 2.05) is 0 Å². The number of carbonyl (C=O) groups is 2. The normalized spacial score (nSPS) is 18.6. The summed E-state index contributed by atoms with van der Waals surface area (Å²) in [5.74, 6) is -1.97. The Labute approximate surface area is 162 Å². The molecule has 0 atom stereocenters. The van der Waals surface area contributed by atoms with Gasteiger partial charge in [-0.3, -0.25) is 9.69 Å². The smallest absolute Gasteiger partial charge is 0.410 e. The number of likely N-dealkylation sites (tertiary alicyclic amines) is 1. The SMILES string of the molecule is COCCOCC(=O)N1CCC2(CC1)CN(Cc1ccc(F)c(F)c1)C(=O)O2. The van der Waals surface area contributed by atoms with E-state index in [1.54, 1.807) is 12.0 Å². The van der Waals surface area contributed by atoms with Gasteiger partial charge < -0.3 is 19.1 Å². The Balaban J connectivity index is 1.51. The Hall–Kier alpha value is -2.26. The molecule has 0 radical (unpaired) electrons. The van der Waals surface area contributed by atoms with E-state index in [4.69, 9.17) is 14.2 Å². The van der Waals surface area contributed by atoms with E-state index < -0.39 is 23.3 Å². The Kier molecular flexibility index (Phi) is 6.46. The molecule has 2 fully saturated rings. The van der Waals surface area contributed by atoms with Crippen LogP contribution in [0.4, 0.5) is 13.6 Å². The molecule has 28 heavy (non-hydrogen) atoms. The minimum atomic E-state index is -0.945. The van der Waals surface area contributed by atoms with Crippen molar-refractivity contribution in [2.24, 2.45) is 0 Å². The summed E-state index contributed by atoms with van der Waals surface area (Å²) in [6, 6.07) is 3.57. The number of halogens is 2. The van der Waals surface area contributed by atoms with Gasteiger partial charge in [0, 0.05) is 39.6 Å². The Morgan fingerprint density at radius 2 is 1.96 bits per heavy atom. The predicted octanol–water partition coefficient (Wildman–Crippen LogP) is 1.94. The number of nitrogens with zero attached hydrogens (tertiary/aromatic N) is 2. The lowest BCUT2D eigenvalue weighted by molar-refractivity contribution is -0.139. The summed E-state index contributed by atoms with van der Waals surface area (Å²) in [6.07, 6.45) is 0.570. The standard InChI is InChI=1S/C19H24F2N2O5/c1-26-8-9-27-12-17(24)22-6-4-19(5-7-22)13-23(18(25)28-19)11-14-2-3-15(20)16(21)10-14/h2-3,10H,4-9,11-13H2,1H3. The molecular formula is C19H24F2N2O5. The lowest BCUT2D eigenvalue weighted by Gasteiger charge is -2.37. The predicted molar refractivity (Wildman–Crippen MR) is 94.5 cm³/mol. The van der Waals surface area contributed by atoms with Crippen LogP contribution in [0.25, 0.3) is 0 Å². The van der Waals surface area contributed by atoms with E-state index in [0.29, 0.717) is 51.3 Å². The van der Waals surface area contributed by atoms with E-state index in [-0.39, 0.29) is 19.1 Å². The van der Waals surface area contributed by atoms with Crippen molar-refractivity contribution in [3.8, 4) is 0 Å². The maximum absolute atomic E-state index is 13.4. The fourth-order valence-corrected chi connectivity index (χ4v) is 3.49. The molecule has 0 unspecified atom stereocenters. The molecule has 0 bridgehead atoms. The molecule has 3 rings (SSSR count). The van der Waals surface area contributed by atoms with E-state index >= 15 is 0 Å². The van der Waals surface area contributed by atoms with Crippen molar-refractivity contribution in [2.75, 3.05) is 46.6 Å². The van der Waals surface area contributed by atoms with Crippen molar-refractivity contribution in [2.45, 2.75) is 25.0 Å². The average Bonchev–Trinajstić information content (AvgIpc) is 2.97. The van der Waals surface area contributed by atoms with Crippen LogP contribution in [-0.4, -0.2) is 74.0 Å². The Bertz CT molecular complexity index is 722. The summed E-state index contributed by atoms with van der Waals surface area (Å²) in [6.45, 7) is 2.23. The van der Waals surface area contributed by atoms with Crippen LogP contribution in [0.1, 0.15) is 18.4 Å². The molecule has 2 heterocycles. The van der Waals surface area contributed by atoms with Gasteiger partial charge in [0.05, 0.1) is 19.8 Å². The monoisotopic (exact) mass is 398 g/mol. The first-order valence-corrected chi connectivity index (χ1v) is 9.19. The van der Waals surface area contributed by atoms with Gasteiger partial charge in [-0.05, 0) is 17.7 Å². The summed E-state index contributed by atoms with van der Waals surface area (Å²) < 4.78 is 42.2. The highest BCUT2D eigenvalue weighted by molar-refractivity contribution is 5.77. The van der Waals surface area contributed by atoms with Gasteiger partial charge in [-0.2, -0.15) is 0 Å². The zero-order valence-electron chi connectivity index (χ0n) is 15.8. The number of carbonyl (C=O) groups excluding carboxylic acids is 2. The lowest BCUT2D eigenvalue weighted by Crippen LogP contribution is -2.49. The highest BCUT2D eigenvalue weighted by Gasteiger charge is 2.47. The van der Waals surface area contributed by atoms with Crippen molar-refractivity contribution in [1.29, 1.82) is 0 Å². The molecule has 154 valence electrons. The van der Waals surface area contributed by atoms with Crippen molar-refractivity contribution < 1.29 is 32.6 Å². The highest BCUT2D eigenvalue weighted by atomic mass is 19.2. The first-order chi connectivity index (χ1) is 13.4. The second kappa shape index (κ2) is 8.83. The number of rotatable bonds is 7. The number of benzene rings is 1. The summed E-state index contributed by atoms with van der Waals surface area (Å²) in [7, 11) is 1.56. The highest BCUT2D eigenvalue weighted by Crippen LogP contribution is 2.34. The molecular weight excluding hydrogens is 374 g/mol.